The molecule has 5 heteroatoms. The maximum absolute atomic E-state index is 10.2. The van der Waals surface area contributed by atoms with E-state index in [0.29, 0.717) is 6.42 Å². The number of hydrogen-bond donors (Lipinski definition) is 1. The lowest BCUT2D eigenvalue weighted by molar-refractivity contribution is -0.141. The summed E-state index contributed by atoms with van der Waals surface area (Å²) in [5, 5.41) is 8.35. The van der Waals surface area contributed by atoms with Crippen LogP contribution in [0.1, 0.15) is 13.3 Å². The minimum absolute atomic E-state index is 0.286. The van der Waals surface area contributed by atoms with Gasteiger partial charge >= 0.3 is 5.97 Å². The summed E-state index contributed by atoms with van der Waals surface area (Å²) >= 11 is -2.25. The van der Waals surface area contributed by atoms with E-state index in [4.69, 9.17) is 5.11 Å². The van der Waals surface area contributed by atoms with Crippen LogP contribution in [0.4, 0.5) is 0 Å². The van der Waals surface area contributed by atoms with Crippen molar-refractivity contribution in [3.05, 3.63) is 0 Å². The van der Waals surface area contributed by atoms with Gasteiger partial charge in [-0.1, -0.05) is 18.0 Å². The molecular formula is C5H9O4S-. The van der Waals surface area contributed by atoms with Crippen LogP contribution in [0.5, 0.6) is 0 Å². The molecule has 0 aromatic rings. The fourth-order valence-corrected chi connectivity index (χ4v) is 1.23. The Bertz CT molecular complexity index is 145. The third kappa shape index (κ3) is 3.58. The number of hydrogen-bond acceptors (Lipinski definition) is 3. The predicted molar refractivity (Wildman–Crippen MR) is 35.2 cm³/mol. The van der Waals surface area contributed by atoms with Crippen molar-refractivity contribution in [3.8, 4) is 0 Å². The third-order valence-electron chi connectivity index (χ3n) is 1.18. The van der Waals surface area contributed by atoms with Crippen LogP contribution in [-0.4, -0.2) is 25.6 Å². The van der Waals surface area contributed by atoms with Crippen LogP contribution in [0.15, 0.2) is 0 Å². The highest BCUT2D eigenvalue weighted by atomic mass is 32.2. The molecule has 60 valence electrons. The molecule has 1 N–H and O–H groups in total. The third-order valence-corrected chi connectivity index (χ3v) is 1.85. The average Bonchev–Trinajstić information content (AvgIpc) is 1.81. The van der Waals surface area contributed by atoms with Crippen LogP contribution in [-0.2, 0) is 15.9 Å². The number of aliphatic carboxylic acids is 1. The number of carbonyl (C=O) groups is 1. The molecule has 2 atom stereocenters. The minimum Gasteiger partial charge on any atom is -0.772 e. The van der Waals surface area contributed by atoms with Gasteiger partial charge in [0.15, 0.2) is 0 Å². The van der Waals surface area contributed by atoms with Crippen molar-refractivity contribution in [1.82, 2.24) is 0 Å². The molecule has 0 amide bonds. The largest absolute Gasteiger partial charge is 0.772 e. The Labute approximate surface area is 61.5 Å². The predicted octanol–water partition coefficient (Wildman–Crippen LogP) is -0.0237. The molecule has 0 aliphatic carbocycles. The van der Waals surface area contributed by atoms with Crippen molar-refractivity contribution in [2.24, 2.45) is 5.92 Å². The smallest absolute Gasteiger partial charge is 0.307 e. The molecule has 0 bridgehead atoms. The first kappa shape index (κ1) is 9.58. The zero-order chi connectivity index (χ0) is 8.15. The van der Waals surface area contributed by atoms with E-state index in [1.807, 2.05) is 0 Å². The molecule has 10 heavy (non-hydrogen) atoms. The fourth-order valence-electron chi connectivity index (χ4n) is 0.528. The SMILES string of the molecule is CCC(CS(=O)[O-])C(=O)O. The van der Waals surface area contributed by atoms with E-state index in [2.05, 4.69) is 0 Å². The summed E-state index contributed by atoms with van der Waals surface area (Å²) in [6.45, 7) is 1.64. The van der Waals surface area contributed by atoms with Crippen molar-refractivity contribution < 1.29 is 18.7 Å². The van der Waals surface area contributed by atoms with E-state index in [-0.39, 0.29) is 5.75 Å². The van der Waals surface area contributed by atoms with Gasteiger partial charge in [0.05, 0.1) is 5.92 Å². The van der Waals surface area contributed by atoms with Crippen molar-refractivity contribution >= 4 is 17.0 Å². The molecule has 0 saturated heterocycles. The van der Waals surface area contributed by atoms with E-state index < -0.39 is 23.0 Å². The van der Waals surface area contributed by atoms with Crippen molar-refractivity contribution in [2.75, 3.05) is 5.75 Å². The molecule has 0 aromatic heterocycles. The molecule has 4 nitrogen and oxygen atoms in total. The molecule has 0 radical (unpaired) electrons. The fraction of sp³-hybridized carbons (Fsp3) is 0.800. The standard InChI is InChI=1S/C5H10O4S/c1-2-4(5(6)7)3-10(8)9/h4H,2-3H2,1H3,(H,6,7)(H,8,9)/p-1. The van der Waals surface area contributed by atoms with E-state index in [9.17, 15) is 13.6 Å². The van der Waals surface area contributed by atoms with Crippen LogP contribution >= 0.6 is 0 Å². The summed E-state index contributed by atoms with van der Waals surface area (Å²) in [6.07, 6.45) is 0.351. The first-order valence-corrected chi connectivity index (χ1v) is 4.11. The molecule has 0 aromatic carbocycles. The summed E-state index contributed by atoms with van der Waals surface area (Å²) < 4.78 is 20.0. The topological polar surface area (TPSA) is 77.4 Å². The zero-order valence-corrected chi connectivity index (χ0v) is 6.39. The molecule has 0 aliphatic heterocycles. The number of carboxylic acid groups (broad SMARTS) is 1. The Hall–Kier alpha value is -0.420. The van der Waals surface area contributed by atoms with Gasteiger partial charge in [0.2, 0.25) is 0 Å². The van der Waals surface area contributed by atoms with E-state index in [1.54, 1.807) is 6.92 Å². The molecular weight excluding hydrogens is 156 g/mol. The first-order chi connectivity index (χ1) is 4.57. The Morgan fingerprint density at radius 2 is 2.30 bits per heavy atom. The lowest BCUT2D eigenvalue weighted by Crippen LogP contribution is -2.19. The Morgan fingerprint density at radius 1 is 1.80 bits per heavy atom. The molecule has 0 saturated carbocycles. The average molecular weight is 165 g/mol. The summed E-state index contributed by atoms with van der Waals surface area (Å²) in [4.78, 5) is 10.2. The highest BCUT2D eigenvalue weighted by Gasteiger charge is 2.13. The van der Waals surface area contributed by atoms with Gasteiger partial charge in [0.25, 0.3) is 0 Å². The summed E-state index contributed by atoms with van der Waals surface area (Å²) in [6, 6.07) is 0. The zero-order valence-electron chi connectivity index (χ0n) is 5.57. The van der Waals surface area contributed by atoms with Gasteiger partial charge in [-0.2, -0.15) is 0 Å². The number of carboxylic acids is 1. The van der Waals surface area contributed by atoms with Gasteiger partial charge < -0.3 is 9.66 Å². The summed E-state index contributed by atoms with van der Waals surface area (Å²) in [5.41, 5.74) is 0. The van der Waals surface area contributed by atoms with E-state index >= 15 is 0 Å². The minimum atomic E-state index is -2.25. The van der Waals surface area contributed by atoms with E-state index in [1.165, 1.54) is 0 Å². The second kappa shape index (κ2) is 4.40. The molecule has 0 spiro atoms. The Morgan fingerprint density at radius 3 is 2.40 bits per heavy atom. The normalized spacial score (nSPS) is 16.2. The van der Waals surface area contributed by atoms with Crippen LogP contribution in [0.3, 0.4) is 0 Å². The molecule has 0 heterocycles. The molecule has 0 fully saturated rings. The molecule has 2 unspecified atom stereocenters. The van der Waals surface area contributed by atoms with Crippen LogP contribution in [0.2, 0.25) is 0 Å². The van der Waals surface area contributed by atoms with Gasteiger partial charge in [-0.25, -0.2) is 0 Å². The Balaban J connectivity index is 3.83. The van der Waals surface area contributed by atoms with Crippen molar-refractivity contribution in [3.63, 3.8) is 0 Å². The quantitative estimate of drug-likeness (QED) is 0.594. The van der Waals surface area contributed by atoms with Crippen LogP contribution < -0.4 is 0 Å². The first-order valence-electron chi connectivity index (χ1n) is 2.86. The van der Waals surface area contributed by atoms with Crippen molar-refractivity contribution in [1.29, 1.82) is 0 Å². The molecule has 0 aliphatic rings. The van der Waals surface area contributed by atoms with Crippen LogP contribution in [0.25, 0.3) is 0 Å². The summed E-state index contributed by atoms with van der Waals surface area (Å²) in [5.74, 6) is -2.09. The van der Waals surface area contributed by atoms with Gasteiger partial charge in [0, 0.05) is 5.75 Å². The highest BCUT2D eigenvalue weighted by molar-refractivity contribution is 7.79. The highest BCUT2D eigenvalue weighted by Crippen LogP contribution is 2.03. The number of rotatable bonds is 4. The maximum atomic E-state index is 10.2. The second-order valence-electron chi connectivity index (χ2n) is 1.91. The van der Waals surface area contributed by atoms with Gasteiger partial charge in [0.1, 0.15) is 0 Å². The van der Waals surface area contributed by atoms with Gasteiger partial charge in [-0.3, -0.25) is 9.00 Å². The van der Waals surface area contributed by atoms with Gasteiger partial charge in [-0.15, -0.1) is 0 Å². The van der Waals surface area contributed by atoms with Crippen molar-refractivity contribution in [2.45, 2.75) is 13.3 Å². The summed E-state index contributed by atoms with van der Waals surface area (Å²) in [7, 11) is 0. The lowest BCUT2D eigenvalue weighted by atomic mass is 10.1. The maximum Gasteiger partial charge on any atom is 0.307 e. The second-order valence-corrected chi connectivity index (χ2v) is 2.85. The van der Waals surface area contributed by atoms with Gasteiger partial charge in [-0.05, 0) is 6.42 Å². The molecule has 0 rings (SSSR count). The monoisotopic (exact) mass is 165 g/mol. The van der Waals surface area contributed by atoms with E-state index in [0.717, 1.165) is 0 Å². The Kier molecular flexibility index (Phi) is 4.22. The lowest BCUT2D eigenvalue weighted by Gasteiger charge is -2.10. The van der Waals surface area contributed by atoms with Crippen LogP contribution in [0, 0.1) is 5.92 Å².